The van der Waals surface area contributed by atoms with Crippen LogP contribution in [0.25, 0.3) is 0 Å². The number of nitro groups is 1. The van der Waals surface area contributed by atoms with Gasteiger partial charge in [-0.3, -0.25) is 10.1 Å². The van der Waals surface area contributed by atoms with Gasteiger partial charge in [0, 0.05) is 0 Å². The van der Waals surface area contributed by atoms with Crippen molar-refractivity contribution in [1.29, 1.82) is 0 Å². The molecule has 0 amide bonds. The number of halogens is 1. The van der Waals surface area contributed by atoms with Gasteiger partial charge in [-0.15, -0.1) is 0 Å². The Balaban J connectivity index is 2.38. The minimum Gasteiger partial charge on any atom is -0.258 e. The van der Waals surface area contributed by atoms with Crippen molar-refractivity contribution in [3.05, 3.63) is 56.4 Å². The molecule has 1 heterocycles. The molecule has 0 saturated carbocycles. The highest BCUT2D eigenvalue weighted by molar-refractivity contribution is 6.31. The van der Waals surface area contributed by atoms with Gasteiger partial charge in [-0.05, 0) is 18.9 Å². The first kappa shape index (κ1) is 13.5. The Kier molecular flexibility index (Phi) is 3.85. The molecule has 1 aromatic heterocycles. The Labute approximate surface area is 116 Å². The zero-order valence-electron chi connectivity index (χ0n) is 10.8. The second-order valence-electron chi connectivity index (χ2n) is 4.34. The maximum Gasteiger partial charge on any atom is 0.329 e. The van der Waals surface area contributed by atoms with Gasteiger partial charge in [-0.2, -0.15) is 5.10 Å². The van der Waals surface area contributed by atoms with Gasteiger partial charge < -0.3 is 0 Å². The van der Waals surface area contributed by atoms with E-state index in [0.717, 1.165) is 11.1 Å². The second kappa shape index (κ2) is 5.40. The van der Waals surface area contributed by atoms with Crippen LogP contribution in [0.15, 0.2) is 24.3 Å². The van der Waals surface area contributed by atoms with Gasteiger partial charge in [-0.1, -0.05) is 48.4 Å². The van der Waals surface area contributed by atoms with Gasteiger partial charge in [0.1, 0.15) is 5.69 Å². The monoisotopic (exact) mass is 279 g/mol. The van der Waals surface area contributed by atoms with Crippen molar-refractivity contribution in [2.45, 2.75) is 26.8 Å². The third-order valence-electron chi connectivity index (χ3n) is 2.87. The van der Waals surface area contributed by atoms with Crippen LogP contribution in [0.1, 0.15) is 23.7 Å². The summed E-state index contributed by atoms with van der Waals surface area (Å²) >= 11 is 6.05. The van der Waals surface area contributed by atoms with E-state index < -0.39 is 4.92 Å². The van der Waals surface area contributed by atoms with Crippen molar-refractivity contribution in [2.24, 2.45) is 0 Å². The van der Waals surface area contributed by atoms with Gasteiger partial charge in [0.25, 0.3) is 0 Å². The third kappa shape index (κ3) is 2.76. The van der Waals surface area contributed by atoms with Crippen molar-refractivity contribution < 1.29 is 4.92 Å². The Morgan fingerprint density at radius 1 is 1.47 bits per heavy atom. The zero-order valence-corrected chi connectivity index (χ0v) is 11.5. The Morgan fingerprint density at radius 2 is 2.21 bits per heavy atom. The van der Waals surface area contributed by atoms with Crippen LogP contribution in [0.5, 0.6) is 0 Å². The van der Waals surface area contributed by atoms with Crippen LogP contribution in [0, 0.1) is 17.0 Å². The van der Waals surface area contributed by atoms with Gasteiger partial charge >= 0.3 is 5.69 Å². The molecule has 6 heteroatoms. The van der Waals surface area contributed by atoms with Crippen molar-refractivity contribution in [2.75, 3.05) is 0 Å². The highest BCUT2D eigenvalue weighted by atomic mass is 35.5. The molecule has 0 aliphatic heterocycles. The summed E-state index contributed by atoms with van der Waals surface area (Å²) in [5.41, 5.74) is 2.48. The number of hydrogen-bond donors (Lipinski definition) is 0. The third-order valence-corrected chi connectivity index (χ3v) is 3.24. The van der Waals surface area contributed by atoms with E-state index in [1.807, 2.05) is 38.1 Å². The van der Waals surface area contributed by atoms with Crippen molar-refractivity contribution in [1.82, 2.24) is 9.78 Å². The lowest BCUT2D eigenvalue weighted by Crippen LogP contribution is -2.02. The van der Waals surface area contributed by atoms with E-state index in [0.29, 0.717) is 18.7 Å². The van der Waals surface area contributed by atoms with Crippen LogP contribution in [-0.2, 0) is 13.0 Å². The lowest BCUT2D eigenvalue weighted by atomic mass is 10.1. The molecule has 0 saturated heterocycles. The lowest BCUT2D eigenvalue weighted by molar-refractivity contribution is -0.385. The fraction of sp³-hybridized carbons (Fsp3) is 0.308. The Morgan fingerprint density at radius 3 is 2.74 bits per heavy atom. The van der Waals surface area contributed by atoms with Gasteiger partial charge in [0.15, 0.2) is 0 Å². The molecule has 2 rings (SSSR count). The number of aromatic nitrogens is 2. The van der Waals surface area contributed by atoms with Crippen LogP contribution in [0.4, 0.5) is 5.69 Å². The van der Waals surface area contributed by atoms with Crippen LogP contribution in [-0.4, -0.2) is 14.7 Å². The minimum absolute atomic E-state index is 0.0863. The predicted octanol–water partition coefficient (Wildman–Crippen LogP) is 3.36. The van der Waals surface area contributed by atoms with Crippen molar-refractivity contribution >= 4 is 17.3 Å². The summed E-state index contributed by atoms with van der Waals surface area (Å²) in [7, 11) is 0. The first-order valence-electron chi connectivity index (χ1n) is 5.98. The molecule has 0 fully saturated rings. The summed E-state index contributed by atoms with van der Waals surface area (Å²) in [6.07, 6.45) is 0.483. The highest BCUT2D eigenvalue weighted by Crippen LogP contribution is 2.29. The molecule has 0 bridgehead atoms. The smallest absolute Gasteiger partial charge is 0.258 e. The maximum absolute atomic E-state index is 11.0. The zero-order chi connectivity index (χ0) is 14.0. The number of aryl methyl sites for hydroxylation is 2. The molecule has 19 heavy (non-hydrogen) atoms. The Bertz CT molecular complexity index is 622. The maximum atomic E-state index is 11.0. The van der Waals surface area contributed by atoms with Crippen LogP contribution < -0.4 is 0 Å². The summed E-state index contributed by atoms with van der Waals surface area (Å²) in [6.45, 7) is 4.25. The van der Waals surface area contributed by atoms with E-state index in [1.165, 1.54) is 4.68 Å². The van der Waals surface area contributed by atoms with Crippen molar-refractivity contribution in [3.63, 3.8) is 0 Å². The molecule has 0 aliphatic rings. The molecule has 0 unspecified atom stereocenters. The lowest BCUT2D eigenvalue weighted by Gasteiger charge is -2.03. The van der Waals surface area contributed by atoms with E-state index in [4.69, 9.17) is 11.6 Å². The van der Waals surface area contributed by atoms with E-state index in [9.17, 15) is 10.1 Å². The van der Waals surface area contributed by atoms with E-state index in [-0.39, 0.29) is 10.8 Å². The summed E-state index contributed by atoms with van der Waals surface area (Å²) < 4.78 is 1.48. The van der Waals surface area contributed by atoms with E-state index >= 15 is 0 Å². The molecular formula is C13H14ClN3O2. The molecule has 100 valence electrons. The standard InChI is InChI=1S/C13H14ClN3O2/c1-3-11-12(17(18)19)13(14)16(15-11)8-10-6-4-5-9(2)7-10/h4-7H,3,8H2,1-2H3. The molecule has 0 spiro atoms. The fourth-order valence-corrected chi connectivity index (χ4v) is 2.26. The average Bonchev–Trinajstić information content (AvgIpc) is 2.66. The first-order valence-corrected chi connectivity index (χ1v) is 6.35. The van der Waals surface area contributed by atoms with Gasteiger partial charge in [0.2, 0.25) is 5.15 Å². The van der Waals surface area contributed by atoms with E-state index in [1.54, 1.807) is 0 Å². The summed E-state index contributed by atoms with van der Waals surface area (Å²) in [6, 6.07) is 7.89. The molecular weight excluding hydrogens is 266 g/mol. The van der Waals surface area contributed by atoms with Crippen molar-refractivity contribution in [3.8, 4) is 0 Å². The SMILES string of the molecule is CCc1nn(Cc2cccc(C)c2)c(Cl)c1[N+](=O)[O-]. The topological polar surface area (TPSA) is 61.0 Å². The largest absolute Gasteiger partial charge is 0.329 e. The molecule has 5 nitrogen and oxygen atoms in total. The predicted molar refractivity (Wildman–Crippen MR) is 73.6 cm³/mol. The quantitative estimate of drug-likeness (QED) is 0.637. The second-order valence-corrected chi connectivity index (χ2v) is 4.70. The molecule has 0 radical (unpaired) electrons. The van der Waals surface area contributed by atoms with Crippen LogP contribution in [0.3, 0.4) is 0 Å². The fourth-order valence-electron chi connectivity index (χ4n) is 1.99. The van der Waals surface area contributed by atoms with Crippen LogP contribution in [0.2, 0.25) is 5.15 Å². The summed E-state index contributed by atoms with van der Waals surface area (Å²) in [5.74, 6) is 0. The summed E-state index contributed by atoms with van der Waals surface area (Å²) in [4.78, 5) is 10.5. The van der Waals surface area contributed by atoms with Gasteiger partial charge in [-0.25, -0.2) is 4.68 Å². The highest BCUT2D eigenvalue weighted by Gasteiger charge is 2.25. The molecule has 0 atom stereocenters. The normalized spacial score (nSPS) is 10.7. The number of benzene rings is 1. The first-order chi connectivity index (χ1) is 9.02. The Hall–Kier alpha value is -1.88. The van der Waals surface area contributed by atoms with E-state index in [2.05, 4.69) is 5.10 Å². The molecule has 0 aliphatic carbocycles. The number of hydrogen-bond acceptors (Lipinski definition) is 3. The molecule has 0 N–H and O–H groups in total. The average molecular weight is 280 g/mol. The van der Waals surface area contributed by atoms with Crippen LogP contribution >= 0.6 is 11.6 Å². The molecule has 1 aromatic carbocycles. The molecule has 2 aromatic rings. The minimum atomic E-state index is -0.471. The van der Waals surface area contributed by atoms with Gasteiger partial charge in [0.05, 0.1) is 11.5 Å². The number of nitrogens with zero attached hydrogens (tertiary/aromatic N) is 3. The number of rotatable bonds is 4. The summed E-state index contributed by atoms with van der Waals surface area (Å²) in [5, 5.41) is 15.3.